The van der Waals surface area contributed by atoms with Gasteiger partial charge in [-0.15, -0.1) is 0 Å². The van der Waals surface area contributed by atoms with Crippen LogP contribution in [0.5, 0.6) is 0 Å². The number of para-hydroxylation sites is 1. The molecule has 3 N–H and O–H groups in total. The van der Waals surface area contributed by atoms with Gasteiger partial charge in [0.05, 0.1) is 11.2 Å². The second-order valence-corrected chi connectivity index (χ2v) is 5.67. The Labute approximate surface area is 149 Å². The van der Waals surface area contributed by atoms with Crippen LogP contribution >= 0.6 is 0 Å². The molecule has 0 fully saturated rings. The summed E-state index contributed by atoms with van der Waals surface area (Å²) in [6.45, 7) is 0. The number of hydrogen-bond acceptors (Lipinski definition) is 5. The van der Waals surface area contributed by atoms with Crippen LogP contribution in [0.25, 0.3) is 33.5 Å². The molecule has 6 heteroatoms. The highest BCUT2D eigenvalue weighted by molar-refractivity contribution is 5.92. The van der Waals surface area contributed by atoms with Crippen LogP contribution in [0, 0.1) is 0 Å². The number of pyridine rings is 1. The zero-order chi connectivity index (χ0) is 17.9. The van der Waals surface area contributed by atoms with Gasteiger partial charge in [0.15, 0.2) is 0 Å². The van der Waals surface area contributed by atoms with Crippen molar-refractivity contribution in [1.29, 1.82) is 0 Å². The average molecular weight is 341 g/mol. The lowest BCUT2D eigenvalue weighted by molar-refractivity contribution is -0.105. The molecule has 1 amide bonds. The quantitative estimate of drug-likeness (QED) is 0.554. The van der Waals surface area contributed by atoms with E-state index in [1.54, 1.807) is 0 Å². The third-order valence-corrected chi connectivity index (χ3v) is 4.02. The van der Waals surface area contributed by atoms with E-state index in [-0.39, 0.29) is 5.95 Å². The Balaban J connectivity index is 1.96. The monoisotopic (exact) mass is 341 g/mol. The lowest BCUT2D eigenvalue weighted by Gasteiger charge is -2.10. The van der Waals surface area contributed by atoms with Crippen molar-refractivity contribution < 1.29 is 4.79 Å². The van der Waals surface area contributed by atoms with Gasteiger partial charge in [0.1, 0.15) is 11.2 Å². The normalized spacial score (nSPS) is 10.6. The van der Waals surface area contributed by atoms with Gasteiger partial charge in [-0.3, -0.25) is 4.79 Å². The summed E-state index contributed by atoms with van der Waals surface area (Å²) in [6, 6.07) is 20.9. The van der Waals surface area contributed by atoms with E-state index in [0.29, 0.717) is 34.5 Å². The summed E-state index contributed by atoms with van der Waals surface area (Å²) in [5, 5.41) is 2.71. The fraction of sp³-hybridized carbons (Fsp3) is 0. The highest BCUT2D eigenvalue weighted by atomic mass is 16.1. The standard InChI is InChI=1S/C20H15N5O/c21-20-24-17-11-10-16(14-8-4-5-9-15(14)22-12-26)23-19(17)18(25-20)13-6-2-1-3-7-13/h1-12H,(H,22,26)(H2,21,24,25). The number of rotatable bonds is 4. The molecule has 0 saturated carbocycles. The molecule has 0 spiro atoms. The molecule has 4 rings (SSSR count). The molecule has 6 nitrogen and oxygen atoms in total. The van der Waals surface area contributed by atoms with Gasteiger partial charge in [-0.05, 0) is 18.2 Å². The summed E-state index contributed by atoms with van der Waals surface area (Å²) in [5.41, 5.74) is 11.0. The molecule has 126 valence electrons. The maximum Gasteiger partial charge on any atom is 0.221 e. The van der Waals surface area contributed by atoms with E-state index in [2.05, 4.69) is 15.3 Å². The first-order valence-electron chi connectivity index (χ1n) is 8.05. The minimum Gasteiger partial charge on any atom is -0.368 e. The Morgan fingerprint density at radius 3 is 2.42 bits per heavy atom. The van der Waals surface area contributed by atoms with Gasteiger partial charge in [0.2, 0.25) is 12.4 Å². The molecule has 0 radical (unpaired) electrons. The number of aromatic nitrogens is 3. The fourth-order valence-electron chi connectivity index (χ4n) is 2.88. The van der Waals surface area contributed by atoms with Crippen LogP contribution in [0.15, 0.2) is 66.7 Å². The number of nitrogens with zero attached hydrogens (tertiary/aromatic N) is 3. The summed E-state index contributed by atoms with van der Waals surface area (Å²) in [7, 11) is 0. The molecule has 0 bridgehead atoms. The summed E-state index contributed by atoms with van der Waals surface area (Å²) in [6.07, 6.45) is 0.652. The number of anilines is 2. The number of hydrogen-bond donors (Lipinski definition) is 2. The van der Waals surface area contributed by atoms with E-state index < -0.39 is 0 Å². The molecule has 0 aliphatic heterocycles. The van der Waals surface area contributed by atoms with Crippen LogP contribution in [0.1, 0.15) is 0 Å². The maximum atomic E-state index is 10.9. The molecule has 4 aromatic rings. The van der Waals surface area contributed by atoms with Crippen molar-refractivity contribution in [3.8, 4) is 22.5 Å². The van der Waals surface area contributed by atoms with E-state index in [1.165, 1.54) is 0 Å². The zero-order valence-electron chi connectivity index (χ0n) is 13.8. The smallest absolute Gasteiger partial charge is 0.221 e. The highest BCUT2D eigenvalue weighted by Crippen LogP contribution is 2.30. The summed E-state index contributed by atoms with van der Waals surface area (Å²) >= 11 is 0. The number of nitrogens with two attached hydrogens (primary N) is 1. The van der Waals surface area contributed by atoms with Gasteiger partial charge < -0.3 is 11.1 Å². The maximum absolute atomic E-state index is 10.9. The first-order valence-corrected chi connectivity index (χ1v) is 8.05. The molecule has 2 aromatic carbocycles. The van der Waals surface area contributed by atoms with Crippen LogP contribution in [-0.2, 0) is 4.79 Å². The lowest BCUT2D eigenvalue weighted by atomic mass is 10.1. The predicted molar refractivity (Wildman–Crippen MR) is 102 cm³/mol. The van der Waals surface area contributed by atoms with Crippen LogP contribution in [0.2, 0.25) is 0 Å². The fourth-order valence-corrected chi connectivity index (χ4v) is 2.88. The van der Waals surface area contributed by atoms with Crippen LogP contribution in [0.4, 0.5) is 11.6 Å². The molecule has 0 aliphatic carbocycles. The first kappa shape index (κ1) is 15.7. The third-order valence-electron chi connectivity index (χ3n) is 4.02. The largest absolute Gasteiger partial charge is 0.368 e. The summed E-state index contributed by atoms with van der Waals surface area (Å²) in [4.78, 5) is 24.3. The Bertz CT molecular complexity index is 1100. The van der Waals surface area contributed by atoms with Crippen molar-refractivity contribution in [1.82, 2.24) is 15.0 Å². The van der Waals surface area contributed by atoms with E-state index >= 15 is 0 Å². The topological polar surface area (TPSA) is 93.8 Å². The van der Waals surface area contributed by atoms with Crippen molar-refractivity contribution in [2.75, 3.05) is 11.1 Å². The van der Waals surface area contributed by atoms with Gasteiger partial charge in [-0.1, -0.05) is 48.5 Å². The molecule has 0 aliphatic rings. The van der Waals surface area contributed by atoms with E-state index in [0.717, 1.165) is 11.1 Å². The van der Waals surface area contributed by atoms with Gasteiger partial charge in [-0.25, -0.2) is 15.0 Å². The van der Waals surface area contributed by atoms with Gasteiger partial charge >= 0.3 is 0 Å². The first-order chi connectivity index (χ1) is 12.8. The Morgan fingerprint density at radius 1 is 0.846 bits per heavy atom. The number of carbonyl (C=O) groups excluding carboxylic acids is 1. The second-order valence-electron chi connectivity index (χ2n) is 5.67. The molecular formula is C20H15N5O. The van der Waals surface area contributed by atoms with E-state index in [9.17, 15) is 4.79 Å². The van der Waals surface area contributed by atoms with Crippen LogP contribution in [0.3, 0.4) is 0 Å². The second kappa shape index (κ2) is 6.60. The average Bonchev–Trinajstić information content (AvgIpc) is 2.68. The highest BCUT2D eigenvalue weighted by Gasteiger charge is 2.13. The number of benzene rings is 2. The lowest BCUT2D eigenvalue weighted by Crippen LogP contribution is -2.01. The van der Waals surface area contributed by atoms with Crippen molar-refractivity contribution in [2.24, 2.45) is 0 Å². The number of amides is 1. The van der Waals surface area contributed by atoms with Crippen LogP contribution < -0.4 is 11.1 Å². The van der Waals surface area contributed by atoms with Gasteiger partial charge in [0.25, 0.3) is 0 Å². The Morgan fingerprint density at radius 2 is 1.62 bits per heavy atom. The number of nitrogen functional groups attached to an aromatic ring is 1. The number of fused-ring (bicyclic) bond motifs is 1. The minimum atomic E-state index is 0.203. The summed E-state index contributed by atoms with van der Waals surface area (Å²) in [5.74, 6) is 0.203. The van der Waals surface area contributed by atoms with Crippen LogP contribution in [-0.4, -0.2) is 21.4 Å². The van der Waals surface area contributed by atoms with Crippen molar-refractivity contribution in [3.05, 3.63) is 66.7 Å². The van der Waals surface area contributed by atoms with E-state index in [1.807, 2.05) is 66.7 Å². The molecule has 2 heterocycles. The Kier molecular flexibility index (Phi) is 3.99. The molecular weight excluding hydrogens is 326 g/mol. The third kappa shape index (κ3) is 2.84. The number of carbonyl (C=O) groups is 1. The SMILES string of the molecule is Nc1nc(-c2ccccc2)c2nc(-c3ccccc3NC=O)ccc2n1. The predicted octanol–water partition coefficient (Wildman–Crippen LogP) is 3.51. The molecule has 0 saturated heterocycles. The number of nitrogens with one attached hydrogen (secondary N) is 1. The Hall–Kier alpha value is -3.80. The van der Waals surface area contributed by atoms with Crippen molar-refractivity contribution in [2.45, 2.75) is 0 Å². The van der Waals surface area contributed by atoms with E-state index in [4.69, 9.17) is 10.7 Å². The van der Waals surface area contributed by atoms with Crippen molar-refractivity contribution >= 4 is 29.1 Å². The zero-order valence-corrected chi connectivity index (χ0v) is 13.8. The van der Waals surface area contributed by atoms with Crippen molar-refractivity contribution in [3.63, 3.8) is 0 Å². The molecule has 0 unspecified atom stereocenters. The molecule has 26 heavy (non-hydrogen) atoms. The van der Waals surface area contributed by atoms with Gasteiger partial charge in [0, 0.05) is 16.8 Å². The molecule has 0 atom stereocenters. The minimum absolute atomic E-state index is 0.203. The molecule has 2 aromatic heterocycles. The summed E-state index contributed by atoms with van der Waals surface area (Å²) < 4.78 is 0. The van der Waals surface area contributed by atoms with Gasteiger partial charge in [-0.2, -0.15) is 0 Å².